The molecule has 0 saturated carbocycles. The van der Waals surface area contributed by atoms with E-state index in [4.69, 9.17) is 5.11 Å². The van der Waals surface area contributed by atoms with Crippen molar-refractivity contribution in [1.29, 1.82) is 0 Å². The summed E-state index contributed by atoms with van der Waals surface area (Å²) in [5, 5.41) is 8.87. The van der Waals surface area contributed by atoms with Crippen LogP contribution < -0.4 is 0 Å². The van der Waals surface area contributed by atoms with E-state index in [1.807, 2.05) is 0 Å². The lowest BCUT2D eigenvalue weighted by Gasteiger charge is -2.08. The average molecular weight is 309 g/mol. The van der Waals surface area contributed by atoms with Gasteiger partial charge in [0.1, 0.15) is 10.7 Å². The Bertz CT molecular complexity index is 802. The second kappa shape index (κ2) is 5.61. The van der Waals surface area contributed by atoms with Gasteiger partial charge in [0.05, 0.1) is 17.0 Å². The fourth-order valence-corrected chi connectivity index (χ4v) is 3.29. The van der Waals surface area contributed by atoms with Crippen LogP contribution in [0.15, 0.2) is 41.4 Å². The van der Waals surface area contributed by atoms with Crippen LogP contribution in [-0.4, -0.2) is 24.5 Å². The van der Waals surface area contributed by atoms with E-state index >= 15 is 0 Å². The molecule has 1 aromatic heterocycles. The minimum absolute atomic E-state index is 0.285. The van der Waals surface area contributed by atoms with Gasteiger partial charge in [-0.1, -0.05) is 6.07 Å². The Morgan fingerprint density at radius 2 is 2.05 bits per heavy atom. The smallest absolute Gasteiger partial charge is 0.335 e. The Morgan fingerprint density at radius 3 is 2.67 bits per heavy atom. The van der Waals surface area contributed by atoms with E-state index in [-0.39, 0.29) is 5.56 Å². The van der Waals surface area contributed by atoms with Crippen molar-refractivity contribution in [2.75, 3.05) is 0 Å². The Labute approximate surface area is 121 Å². The number of hydrogen-bond acceptors (Lipinski definition) is 4. The molecule has 0 radical (unpaired) electrons. The predicted molar refractivity (Wildman–Crippen MR) is 73.2 cm³/mol. The number of aromatic nitrogens is 1. The molecular weight excluding hydrogens is 297 g/mol. The Hall–Kier alpha value is -2.28. The number of pyridine rings is 1. The number of rotatable bonds is 4. The number of nitrogens with zero attached hydrogens (tertiary/aromatic N) is 1. The SMILES string of the molecule is Cc1cccnc1CS(=O)(=O)c1cc(C(=O)O)ccc1F. The van der Waals surface area contributed by atoms with E-state index in [0.717, 1.165) is 18.2 Å². The summed E-state index contributed by atoms with van der Waals surface area (Å²) in [6.45, 7) is 1.70. The minimum atomic E-state index is -4.02. The van der Waals surface area contributed by atoms with Crippen molar-refractivity contribution in [3.8, 4) is 0 Å². The average Bonchev–Trinajstić information content (AvgIpc) is 2.41. The van der Waals surface area contributed by atoms with Gasteiger partial charge in [0.2, 0.25) is 0 Å². The molecule has 0 saturated heterocycles. The maximum absolute atomic E-state index is 13.7. The summed E-state index contributed by atoms with van der Waals surface area (Å²) in [6.07, 6.45) is 1.45. The molecule has 0 bridgehead atoms. The van der Waals surface area contributed by atoms with Crippen LogP contribution in [0.5, 0.6) is 0 Å². The highest BCUT2D eigenvalue weighted by Gasteiger charge is 2.23. The van der Waals surface area contributed by atoms with Crippen molar-refractivity contribution in [3.05, 3.63) is 59.2 Å². The zero-order valence-electron chi connectivity index (χ0n) is 11.1. The van der Waals surface area contributed by atoms with Crippen molar-refractivity contribution < 1.29 is 22.7 Å². The van der Waals surface area contributed by atoms with Crippen LogP contribution in [0.1, 0.15) is 21.6 Å². The molecule has 1 heterocycles. The maximum Gasteiger partial charge on any atom is 0.335 e. The molecule has 0 aliphatic rings. The molecule has 0 amide bonds. The second-order valence-corrected chi connectivity index (χ2v) is 6.43. The molecule has 110 valence electrons. The van der Waals surface area contributed by atoms with Crippen molar-refractivity contribution in [3.63, 3.8) is 0 Å². The van der Waals surface area contributed by atoms with Gasteiger partial charge in [0.25, 0.3) is 0 Å². The molecule has 1 N–H and O–H groups in total. The zero-order valence-corrected chi connectivity index (χ0v) is 11.9. The van der Waals surface area contributed by atoms with Crippen LogP contribution in [0.4, 0.5) is 4.39 Å². The standard InChI is InChI=1S/C14H12FNO4S/c1-9-3-2-6-16-12(9)8-21(19,20)13-7-10(14(17)18)4-5-11(13)15/h2-7H,8H2,1H3,(H,17,18). The number of carbonyl (C=O) groups is 1. The number of hydrogen-bond donors (Lipinski definition) is 1. The summed E-state index contributed by atoms with van der Waals surface area (Å²) >= 11 is 0. The van der Waals surface area contributed by atoms with Gasteiger partial charge in [0.15, 0.2) is 9.84 Å². The topological polar surface area (TPSA) is 84.3 Å². The van der Waals surface area contributed by atoms with Gasteiger partial charge in [-0.15, -0.1) is 0 Å². The van der Waals surface area contributed by atoms with Gasteiger partial charge in [-0.05, 0) is 36.8 Å². The summed E-state index contributed by atoms with van der Waals surface area (Å²) < 4.78 is 38.3. The van der Waals surface area contributed by atoms with Gasteiger partial charge in [0, 0.05) is 6.20 Å². The molecule has 0 fully saturated rings. The molecule has 21 heavy (non-hydrogen) atoms. The number of benzene rings is 1. The lowest BCUT2D eigenvalue weighted by atomic mass is 10.2. The van der Waals surface area contributed by atoms with Crippen molar-refractivity contribution >= 4 is 15.8 Å². The number of sulfone groups is 1. The second-order valence-electron chi connectivity index (χ2n) is 4.48. The van der Waals surface area contributed by atoms with Crippen molar-refractivity contribution in [2.45, 2.75) is 17.6 Å². The van der Waals surface area contributed by atoms with Gasteiger partial charge in [-0.3, -0.25) is 4.98 Å². The van der Waals surface area contributed by atoms with Crippen LogP contribution in [0.2, 0.25) is 0 Å². The van der Waals surface area contributed by atoms with Crippen molar-refractivity contribution in [1.82, 2.24) is 4.98 Å². The molecule has 1 aromatic carbocycles. The van der Waals surface area contributed by atoms with Crippen molar-refractivity contribution in [2.24, 2.45) is 0 Å². The molecule has 0 aliphatic carbocycles. The molecule has 0 aliphatic heterocycles. The Morgan fingerprint density at radius 1 is 1.33 bits per heavy atom. The highest BCUT2D eigenvalue weighted by Crippen LogP contribution is 2.21. The predicted octanol–water partition coefficient (Wildman–Crippen LogP) is 2.20. The largest absolute Gasteiger partial charge is 0.478 e. The third-order valence-electron chi connectivity index (χ3n) is 2.96. The molecule has 2 aromatic rings. The first-order valence-electron chi connectivity index (χ1n) is 5.97. The van der Waals surface area contributed by atoms with E-state index in [0.29, 0.717) is 11.3 Å². The molecular formula is C14H12FNO4S. The fourth-order valence-electron chi connectivity index (χ4n) is 1.80. The van der Waals surface area contributed by atoms with E-state index in [1.165, 1.54) is 6.20 Å². The molecule has 0 spiro atoms. The summed E-state index contributed by atoms with van der Waals surface area (Å²) in [5.41, 5.74) is 0.682. The zero-order chi connectivity index (χ0) is 15.6. The summed E-state index contributed by atoms with van der Waals surface area (Å²) in [6, 6.07) is 6.04. The normalized spacial score (nSPS) is 11.3. The van der Waals surface area contributed by atoms with Gasteiger partial charge in [-0.25, -0.2) is 17.6 Å². The number of halogens is 1. The minimum Gasteiger partial charge on any atom is -0.478 e. The molecule has 5 nitrogen and oxygen atoms in total. The van der Waals surface area contributed by atoms with Crippen LogP contribution in [0.3, 0.4) is 0 Å². The Kier molecular flexibility index (Phi) is 4.04. The summed E-state index contributed by atoms with van der Waals surface area (Å²) in [5.74, 6) is -2.78. The van der Waals surface area contributed by atoms with E-state index in [9.17, 15) is 17.6 Å². The monoisotopic (exact) mass is 309 g/mol. The first-order valence-corrected chi connectivity index (χ1v) is 7.62. The lowest BCUT2D eigenvalue weighted by molar-refractivity contribution is 0.0696. The summed E-state index contributed by atoms with van der Waals surface area (Å²) in [4.78, 5) is 14.2. The fraction of sp³-hybridized carbons (Fsp3) is 0.143. The lowest BCUT2D eigenvalue weighted by Crippen LogP contribution is -2.11. The third kappa shape index (κ3) is 3.25. The number of carboxylic acid groups (broad SMARTS) is 1. The van der Waals surface area contributed by atoms with Crippen LogP contribution in [0.25, 0.3) is 0 Å². The molecule has 0 atom stereocenters. The number of carboxylic acids is 1. The van der Waals surface area contributed by atoms with E-state index in [1.54, 1.807) is 19.1 Å². The van der Waals surface area contributed by atoms with Crippen LogP contribution in [-0.2, 0) is 15.6 Å². The quantitative estimate of drug-likeness (QED) is 0.936. The molecule has 2 rings (SSSR count). The van der Waals surface area contributed by atoms with Gasteiger partial charge >= 0.3 is 5.97 Å². The van der Waals surface area contributed by atoms with E-state index in [2.05, 4.69) is 4.98 Å². The van der Waals surface area contributed by atoms with Crippen LogP contribution >= 0.6 is 0 Å². The molecule has 7 heteroatoms. The number of aryl methyl sites for hydroxylation is 1. The van der Waals surface area contributed by atoms with E-state index < -0.39 is 32.3 Å². The first kappa shape index (κ1) is 15.1. The highest BCUT2D eigenvalue weighted by molar-refractivity contribution is 7.90. The number of aromatic carboxylic acids is 1. The third-order valence-corrected chi connectivity index (χ3v) is 4.59. The highest BCUT2D eigenvalue weighted by atomic mass is 32.2. The summed E-state index contributed by atoms with van der Waals surface area (Å²) in [7, 11) is -4.02. The first-order chi connectivity index (χ1) is 9.81. The maximum atomic E-state index is 13.7. The van der Waals surface area contributed by atoms with Gasteiger partial charge < -0.3 is 5.11 Å². The van der Waals surface area contributed by atoms with Gasteiger partial charge in [-0.2, -0.15) is 0 Å². The Balaban J connectivity index is 2.47. The molecule has 0 unspecified atom stereocenters. The van der Waals surface area contributed by atoms with Crippen LogP contribution in [0, 0.1) is 12.7 Å².